The molecule has 0 radical (unpaired) electrons. The molecule has 1 aromatic carbocycles. The van der Waals surface area contributed by atoms with Crippen LogP contribution in [0.1, 0.15) is 31.5 Å². The van der Waals surface area contributed by atoms with Crippen molar-refractivity contribution in [2.24, 2.45) is 0 Å². The molecule has 0 fully saturated rings. The molecule has 3 aromatic rings. The van der Waals surface area contributed by atoms with E-state index in [4.69, 9.17) is 4.52 Å². The molecule has 2 aromatic heterocycles. The van der Waals surface area contributed by atoms with Gasteiger partial charge in [-0.25, -0.2) is 0 Å². The SMILES string of the molecule is CC(C)c1nc(Cn2ccc3ccc(Br)cc32)no1. The van der Waals surface area contributed by atoms with E-state index in [-0.39, 0.29) is 5.92 Å². The summed E-state index contributed by atoms with van der Waals surface area (Å²) in [5.74, 6) is 1.66. The van der Waals surface area contributed by atoms with Gasteiger partial charge in [0, 0.05) is 22.1 Å². The van der Waals surface area contributed by atoms with Crippen molar-refractivity contribution < 1.29 is 4.52 Å². The molecular formula is C14H14BrN3O. The molecule has 0 aliphatic carbocycles. The minimum atomic E-state index is 0.261. The van der Waals surface area contributed by atoms with Crippen LogP contribution in [0.15, 0.2) is 39.5 Å². The fourth-order valence-corrected chi connectivity index (χ4v) is 2.36. The van der Waals surface area contributed by atoms with E-state index >= 15 is 0 Å². The molecule has 0 amide bonds. The molecule has 0 spiro atoms. The predicted octanol–water partition coefficient (Wildman–Crippen LogP) is 3.96. The zero-order chi connectivity index (χ0) is 13.4. The summed E-state index contributed by atoms with van der Waals surface area (Å²) < 4.78 is 8.41. The van der Waals surface area contributed by atoms with Gasteiger partial charge >= 0.3 is 0 Å². The molecule has 0 aliphatic rings. The van der Waals surface area contributed by atoms with Crippen molar-refractivity contribution >= 4 is 26.8 Å². The fourth-order valence-electron chi connectivity index (χ4n) is 2.01. The normalized spacial score (nSPS) is 11.6. The number of hydrogen-bond donors (Lipinski definition) is 0. The number of halogens is 1. The Bertz CT molecular complexity index is 714. The zero-order valence-electron chi connectivity index (χ0n) is 10.8. The number of benzene rings is 1. The summed E-state index contributed by atoms with van der Waals surface area (Å²) >= 11 is 3.50. The van der Waals surface area contributed by atoms with E-state index in [9.17, 15) is 0 Å². The van der Waals surface area contributed by atoms with Gasteiger partial charge in [0.15, 0.2) is 5.82 Å². The Kier molecular flexibility index (Phi) is 3.14. The highest BCUT2D eigenvalue weighted by atomic mass is 79.9. The van der Waals surface area contributed by atoms with E-state index < -0.39 is 0 Å². The molecule has 0 saturated carbocycles. The van der Waals surface area contributed by atoms with Gasteiger partial charge in [0.25, 0.3) is 0 Å². The van der Waals surface area contributed by atoms with E-state index in [2.05, 4.69) is 48.8 Å². The zero-order valence-corrected chi connectivity index (χ0v) is 12.4. The highest BCUT2D eigenvalue weighted by Gasteiger charge is 2.11. The average molecular weight is 320 g/mol. The van der Waals surface area contributed by atoms with E-state index in [1.807, 2.05) is 26.1 Å². The maximum Gasteiger partial charge on any atom is 0.229 e. The van der Waals surface area contributed by atoms with E-state index in [0.29, 0.717) is 18.3 Å². The summed E-state index contributed by atoms with van der Waals surface area (Å²) in [4.78, 5) is 4.40. The Morgan fingerprint density at radius 3 is 2.89 bits per heavy atom. The monoisotopic (exact) mass is 319 g/mol. The van der Waals surface area contributed by atoms with Crippen LogP contribution in [0.2, 0.25) is 0 Å². The summed E-state index contributed by atoms with van der Waals surface area (Å²) in [5, 5.41) is 5.23. The molecule has 0 unspecified atom stereocenters. The summed E-state index contributed by atoms with van der Waals surface area (Å²) in [6.07, 6.45) is 2.04. The molecule has 19 heavy (non-hydrogen) atoms. The first-order valence-corrected chi connectivity index (χ1v) is 6.99. The number of hydrogen-bond acceptors (Lipinski definition) is 3. The second-order valence-corrected chi connectivity index (χ2v) is 5.77. The van der Waals surface area contributed by atoms with E-state index in [0.717, 1.165) is 9.99 Å². The summed E-state index contributed by atoms with van der Waals surface area (Å²) in [5.41, 5.74) is 1.16. The molecular weight excluding hydrogens is 306 g/mol. The second kappa shape index (κ2) is 4.81. The van der Waals surface area contributed by atoms with Crippen LogP contribution in [-0.4, -0.2) is 14.7 Å². The van der Waals surface area contributed by atoms with Crippen molar-refractivity contribution in [3.63, 3.8) is 0 Å². The van der Waals surface area contributed by atoms with Crippen molar-refractivity contribution in [3.05, 3.63) is 46.7 Å². The van der Waals surface area contributed by atoms with Crippen LogP contribution in [-0.2, 0) is 6.54 Å². The summed E-state index contributed by atoms with van der Waals surface area (Å²) in [6, 6.07) is 8.31. The maximum atomic E-state index is 5.23. The van der Waals surface area contributed by atoms with Crippen molar-refractivity contribution in [3.8, 4) is 0 Å². The molecule has 0 atom stereocenters. The average Bonchev–Trinajstić information content (AvgIpc) is 2.98. The topological polar surface area (TPSA) is 43.9 Å². The van der Waals surface area contributed by atoms with E-state index in [1.54, 1.807) is 0 Å². The van der Waals surface area contributed by atoms with Gasteiger partial charge in [0.2, 0.25) is 5.89 Å². The smallest absolute Gasteiger partial charge is 0.229 e. The Morgan fingerprint density at radius 2 is 2.16 bits per heavy atom. The van der Waals surface area contributed by atoms with Crippen LogP contribution in [0, 0.1) is 0 Å². The van der Waals surface area contributed by atoms with Gasteiger partial charge < -0.3 is 9.09 Å². The van der Waals surface area contributed by atoms with Gasteiger partial charge in [0.05, 0.1) is 6.54 Å². The fraction of sp³-hybridized carbons (Fsp3) is 0.286. The third-order valence-electron chi connectivity index (χ3n) is 3.03. The number of fused-ring (bicyclic) bond motifs is 1. The quantitative estimate of drug-likeness (QED) is 0.734. The largest absolute Gasteiger partial charge is 0.340 e. The van der Waals surface area contributed by atoms with Gasteiger partial charge in [-0.15, -0.1) is 0 Å². The highest BCUT2D eigenvalue weighted by Crippen LogP contribution is 2.21. The van der Waals surface area contributed by atoms with E-state index in [1.165, 1.54) is 5.39 Å². The molecule has 2 heterocycles. The third-order valence-corrected chi connectivity index (χ3v) is 3.52. The summed E-state index contributed by atoms with van der Waals surface area (Å²) in [7, 11) is 0. The lowest BCUT2D eigenvalue weighted by atomic mass is 10.2. The Balaban J connectivity index is 1.94. The van der Waals surface area contributed by atoms with Crippen LogP contribution in [0.25, 0.3) is 10.9 Å². The predicted molar refractivity (Wildman–Crippen MR) is 77.1 cm³/mol. The standard InChI is InChI=1S/C14H14BrN3O/c1-9(2)14-16-13(17-19-14)8-18-6-5-10-3-4-11(15)7-12(10)18/h3-7,9H,8H2,1-2H3. The Hall–Kier alpha value is -1.62. The van der Waals surface area contributed by atoms with Crippen molar-refractivity contribution in [2.75, 3.05) is 0 Å². The molecule has 5 heteroatoms. The minimum Gasteiger partial charge on any atom is -0.340 e. The second-order valence-electron chi connectivity index (χ2n) is 4.85. The van der Waals surface area contributed by atoms with Crippen molar-refractivity contribution in [1.82, 2.24) is 14.7 Å². The first kappa shape index (κ1) is 12.4. The van der Waals surface area contributed by atoms with Crippen molar-refractivity contribution in [2.45, 2.75) is 26.3 Å². The Labute approximate surface area is 119 Å². The van der Waals surface area contributed by atoms with Gasteiger partial charge in [-0.1, -0.05) is 41.0 Å². The van der Waals surface area contributed by atoms with Gasteiger partial charge in [-0.2, -0.15) is 4.98 Å². The van der Waals surface area contributed by atoms with Crippen LogP contribution < -0.4 is 0 Å². The maximum absolute atomic E-state index is 5.23. The van der Waals surface area contributed by atoms with Gasteiger partial charge in [0.1, 0.15) is 0 Å². The lowest BCUT2D eigenvalue weighted by Gasteiger charge is -2.02. The highest BCUT2D eigenvalue weighted by molar-refractivity contribution is 9.10. The van der Waals surface area contributed by atoms with Gasteiger partial charge in [-0.3, -0.25) is 0 Å². The number of nitrogens with zero attached hydrogens (tertiary/aromatic N) is 3. The van der Waals surface area contributed by atoms with Crippen LogP contribution in [0.3, 0.4) is 0 Å². The minimum absolute atomic E-state index is 0.261. The number of rotatable bonds is 3. The molecule has 3 rings (SSSR count). The van der Waals surface area contributed by atoms with Crippen molar-refractivity contribution in [1.29, 1.82) is 0 Å². The van der Waals surface area contributed by atoms with Crippen LogP contribution in [0.5, 0.6) is 0 Å². The first-order chi connectivity index (χ1) is 9.13. The molecule has 0 bridgehead atoms. The first-order valence-electron chi connectivity index (χ1n) is 6.20. The molecule has 98 valence electrons. The molecule has 0 saturated heterocycles. The molecule has 0 N–H and O–H groups in total. The lowest BCUT2D eigenvalue weighted by molar-refractivity contribution is 0.360. The van der Waals surface area contributed by atoms with Crippen LogP contribution >= 0.6 is 15.9 Å². The molecule has 4 nitrogen and oxygen atoms in total. The summed E-state index contributed by atoms with van der Waals surface area (Å²) in [6.45, 7) is 4.70. The van der Waals surface area contributed by atoms with Gasteiger partial charge in [-0.05, 0) is 23.6 Å². The third kappa shape index (κ3) is 2.42. The van der Waals surface area contributed by atoms with Crippen LogP contribution in [0.4, 0.5) is 0 Å². The molecule has 0 aliphatic heterocycles. The number of aromatic nitrogens is 3. The lowest BCUT2D eigenvalue weighted by Crippen LogP contribution is -2.00. The Morgan fingerprint density at radius 1 is 1.32 bits per heavy atom.